The van der Waals surface area contributed by atoms with Crippen LogP contribution in [0.15, 0.2) is 24.3 Å². The fraction of sp³-hybridized carbons (Fsp3) is 0.556. The molecule has 2 unspecified atom stereocenters. The van der Waals surface area contributed by atoms with Crippen LogP contribution in [-0.2, 0) is 0 Å². The number of halogens is 2. The average Bonchev–Trinajstić information content (AvgIpc) is 1.95. The highest BCUT2D eigenvalue weighted by atomic mass is 79.9. The highest BCUT2D eigenvalue weighted by molar-refractivity contribution is 9.12. The highest BCUT2D eigenvalue weighted by Crippen LogP contribution is 2.39. The Hall–Kier alpha value is 0.440. The van der Waals surface area contributed by atoms with E-state index in [-0.39, 0.29) is 4.32 Å². The molecule has 1 rings (SSSR count). The van der Waals surface area contributed by atoms with Crippen LogP contribution < -0.4 is 0 Å². The molecule has 0 aromatic heterocycles. The molecule has 1 aliphatic rings. The Morgan fingerprint density at radius 3 is 2.36 bits per heavy atom. The number of alkyl halides is 2. The van der Waals surface area contributed by atoms with Gasteiger partial charge in [-0.1, -0.05) is 70.0 Å². The minimum Gasteiger partial charge on any atom is -0.0826 e. The molecule has 0 nitrogen and oxygen atoms in total. The van der Waals surface area contributed by atoms with Gasteiger partial charge in [0, 0.05) is 0 Å². The van der Waals surface area contributed by atoms with Gasteiger partial charge in [0.2, 0.25) is 0 Å². The van der Waals surface area contributed by atoms with E-state index in [2.05, 4.69) is 70.0 Å². The molecule has 0 saturated heterocycles. The van der Waals surface area contributed by atoms with Gasteiger partial charge in [0.1, 0.15) is 0 Å². The van der Waals surface area contributed by atoms with Crippen molar-refractivity contribution in [1.82, 2.24) is 0 Å². The maximum atomic E-state index is 3.74. The first-order valence-electron chi connectivity index (χ1n) is 3.76. The third-order valence-electron chi connectivity index (χ3n) is 2.05. The van der Waals surface area contributed by atoms with Crippen LogP contribution in [0.2, 0.25) is 0 Å². The second-order valence-corrected chi connectivity index (χ2v) is 5.49. The predicted octanol–water partition coefficient (Wildman–Crippen LogP) is 3.67. The Bertz CT molecular complexity index is 194. The van der Waals surface area contributed by atoms with Crippen molar-refractivity contribution >= 4 is 31.9 Å². The van der Waals surface area contributed by atoms with Crippen molar-refractivity contribution in [3.63, 3.8) is 0 Å². The average molecular weight is 280 g/mol. The first-order chi connectivity index (χ1) is 5.07. The van der Waals surface area contributed by atoms with Gasteiger partial charge in [-0.05, 0) is 5.92 Å². The molecule has 1 aliphatic carbocycles. The minimum atomic E-state index is 0.0990. The summed E-state index contributed by atoms with van der Waals surface area (Å²) >= 11 is 7.37. The molecular formula is C9H12Br2. The maximum Gasteiger partial charge on any atom is 0.0622 e. The van der Waals surface area contributed by atoms with E-state index >= 15 is 0 Å². The van der Waals surface area contributed by atoms with Crippen molar-refractivity contribution in [2.75, 3.05) is 0 Å². The molecule has 0 heterocycles. The Kier molecular flexibility index (Phi) is 2.98. The summed E-state index contributed by atoms with van der Waals surface area (Å²) in [7, 11) is 0. The second kappa shape index (κ2) is 3.44. The lowest BCUT2D eigenvalue weighted by atomic mass is 9.89. The summed E-state index contributed by atoms with van der Waals surface area (Å²) in [6.45, 7) is 4.43. The van der Waals surface area contributed by atoms with Crippen molar-refractivity contribution < 1.29 is 0 Å². The normalized spacial score (nSPS) is 36.6. The third kappa shape index (κ3) is 1.78. The Morgan fingerprint density at radius 2 is 2.00 bits per heavy atom. The Balaban J connectivity index is 2.85. The molecule has 0 aromatic carbocycles. The molecule has 62 valence electrons. The number of rotatable bonds is 1. The van der Waals surface area contributed by atoms with Gasteiger partial charge >= 0.3 is 0 Å². The van der Waals surface area contributed by atoms with Gasteiger partial charge in [0.25, 0.3) is 0 Å². The fourth-order valence-electron chi connectivity index (χ4n) is 1.12. The minimum absolute atomic E-state index is 0.0990. The van der Waals surface area contributed by atoms with Crippen LogP contribution in [0.1, 0.15) is 13.8 Å². The summed E-state index contributed by atoms with van der Waals surface area (Å²) in [6.07, 6.45) is 8.53. The van der Waals surface area contributed by atoms with Crippen molar-refractivity contribution in [3.8, 4) is 0 Å². The highest BCUT2D eigenvalue weighted by Gasteiger charge is 2.34. The molecule has 2 heteroatoms. The standard InChI is InChI=1S/C9H12Br2/c1-7(2)9(11)6-4-3-5-8(9)10/h3-8H,1-2H3. The largest absolute Gasteiger partial charge is 0.0826 e. The first kappa shape index (κ1) is 9.53. The Labute approximate surface area is 85.0 Å². The van der Waals surface area contributed by atoms with Crippen LogP contribution in [0.25, 0.3) is 0 Å². The summed E-state index contributed by atoms with van der Waals surface area (Å²) in [6, 6.07) is 0. The maximum absolute atomic E-state index is 3.74. The van der Waals surface area contributed by atoms with Crippen molar-refractivity contribution in [2.24, 2.45) is 5.92 Å². The zero-order chi connectivity index (χ0) is 8.48. The van der Waals surface area contributed by atoms with Gasteiger partial charge < -0.3 is 0 Å². The van der Waals surface area contributed by atoms with Gasteiger partial charge in [0.05, 0.1) is 9.15 Å². The molecule has 0 fully saturated rings. The molecule has 0 bridgehead atoms. The van der Waals surface area contributed by atoms with Crippen LogP contribution in [0.3, 0.4) is 0 Å². The Morgan fingerprint density at radius 1 is 1.36 bits per heavy atom. The van der Waals surface area contributed by atoms with Gasteiger partial charge in [-0.2, -0.15) is 0 Å². The van der Waals surface area contributed by atoms with Crippen molar-refractivity contribution in [2.45, 2.75) is 23.0 Å². The van der Waals surface area contributed by atoms with Crippen molar-refractivity contribution in [1.29, 1.82) is 0 Å². The van der Waals surface area contributed by atoms with Crippen LogP contribution in [0, 0.1) is 5.92 Å². The van der Waals surface area contributed by atoms with Crippen LogP contribution in [0.5, 0.6) is 0 Å². The molecular weight excluding hydrogens is 268 g/mol. The molecule has 0 N–H and O–H groups in total. The van der Waals surface area contributed by atoms with E-state index in [1.165, 1.54) is 0 Å². The SMILES string of the molecule is CC(C)C1(Br)C=CC=CC1Br. The lowest BCUT2D eigenvalue weighted by molar-refractivity contribution is 0.534. The molecule has 0 aliphatic heterocycles. The summed E-state index contributed by atoms with van der Waals surface area (Å²) in [5.41, 5.74) is 0. The zero-order valence-corrected chi connectivity index (χ0v) is 9.89. The summed E-state index contributed by atoms with van der Waals surface area (Å²) in [4.78, 5) is 0.403. The third-order valence-corrected chi connectivity index (χ3v) is 5.40. The fourth-order valence-corrected chi connectivity index (χ4v) is 2.28. The van der Waals surface area contributed by atoms with Gasteiger partial charge in [0.15, 0.2) is 0 Å². The van der Waals surface area contributed by atoms with E-state index in [0.29, 0.717) is 10.7 Å². The van der Waals surface area contributed by atoms with Crippen LogP contribution in [0.4, 0.5) is 0 Å². The van der Waals surface area contributed by atoms with Gasteiger partial charge in [-0.15, -0.1) is 0 Å². The first-order valence-corrected chi connectivity index (χ1v) is 5.47. The number of hydrogen-bond donors (Lipinski definition) is 0. The van der Waals surface area contributed by atoms with E-state index in [0.717, 1.165) is 0 Å². The smallest absolute Gasteiger partial charge is 0.0622 e. The molecule has 0 saturated carbocycles. The predicted molar refractivity (Wildman–Crippen MR) is 57.5 cm³/mol. The molecule has 11 heavy (non-hydrogen) atoms. The lowest BCUT2D eigenvalue weighted by Crippen LogP contribution is -2.35. The zero-order valence-electron chi connectivity index (χ0n) is 6.72. The number of hydrogen-bond acceptors (Lipinski definition) is 0. The lowest BCUT2D eigenvalue weighted by Gasteiger charge is -2.33. The number of allylic oxidation sites excluding steroid dienone is 4. The summed E-state index contributed by atoms with van der Waals surface area (Å²) in [5.74, 6) is 0.591. The molecule has 2 atom stereocenters. The van der Waals surface area contributed by atoms with Gasteiger partial charge in [-0.25, -0.2) is 0 Å². The molecule has 0 spiro atoms. The molecule has 0 aromatic rings. The van der Waals surface area contributed by atoms with E-state index in [9.17, 15) is 0 Å². The topological polar surface area (TPSA) is 0 Å². The monoisotopic (exact) mass is 278 g/mol. The van der Waals surface area contributed by atoms with Crippen molar-refractivity contribution in [3.05, 3.63) is 24.3 Å². The second-order valence-electron chi connectivity index (χ2n) is 3.13. The van der Waals surface area contributed by atoms with Crippen LogP contribution >= 0.6 is 31.9 Å². The van der Waals surface area contributed by atoms with E-state index < -0.39 is 0 Å². The van der Waals surface area contributed by atoms with E-state index in [4.69, 9.17) is 0 Å². The van der Waals surface area contributed by atoms with E-state index in [1.54, 1.807) is 0 Å². The van der Waals surface area contributed by atoms with Gasteiger partial charge in [-0.3, -0.25) is 0 Å². The molecule has 0 radical (unpaired) electrons. The van der Waals surface area contributed by atoms with E-state index in [1.807, 2.05) is 0 Å². The molecule has 0 amide bonds. The quantitative estimate of drug-likeness (QED) is 0.643. The summed E-state index contributed by atoms with van der Waals surface area (Å²) < 4.78 is 0.0990. The van der Waals surface area contributed by atoms with Crippen LogP contribution in [-0.4, -0.2) is 9.15 Å². The summed E-state index contributed by atoms with van der Waals surface area (Å²) in [5, 5.41) is 0.